The summed E-state index contributed by atoms with van der Waals surface area (Å²) < 4.78 is 14.6. The van der Waals surface area contributed by atoms with Gasteiger partial charge in [-0.1, -0.05) is 6.07 Å². The Bertz CT molecular complexity index is 408. The van der Waals surface area contributed by atoms with Gasteiger partial charge < -0.3 is 9.67 Å². The first-order valence-corrected chi connectivity index (χ1v) is 3.67. The van der Waals surface area contributed by atoms with Crippen molar-refractivity contribution >= 4 is 10.9 Å². The normalized spacial score (nSPS) is 10.8. The molecule has 2 aromatic rings. The smallest absolute Gasteiger partial charge is 0.132 e. The lowest BCUT2D eigenvalue weighted by atomic mass is 10.2. The second-order valence-electron chi connectivity index (χ2n) is 2.60. The lowest BCUT2D eigenvalue weighted by molar-refractivity contribution is 0.215. The molecule has 2 rings (SSSR count). The second kappa shape index (κ2) is 2.60. The molecule has 0 unspecified atom stereocenters. The van der Waals surface area contributed by atoms with E-state index in [-0.39, 0.29) is 12.5 Å². The van der Waals surface area contributed by atoms with Gasteiger partial charge in [-0.15, -0.1) is 0 Å². The molecule has 0 bridgehead atoms. The summed E-state index contributed by atoms with van der Waals surface area (Å²) in [5.41, 5.74) is 0.720. The van der Waals surface area contributed by atoms with E-state index >= 15 is 0 Å². The molecule has 0 saturated carbocycles. The van der Waals surface area contributed by atoms with Crippen LogP contribution in [0.2, 0.25) is 0 Å². The van der Waals surface area contributed by atoms with E-state index in [1.807, 2.05) is 0 Å². The predicted molar refractivity (Wildman–Crippen MR) is 44.1 cm³/mol. The summed E-state index contributed by atoms with van der Waals surface area (Å²) in [6, 6.07) is 6.46. The summed E-state index contributed by atoms with van der Waals surface area (Å²) >= 11 is 0. The SMILES string of the molecule is OCn1ccc2c(F)cccc21. The van der Waals surface area contributed by atoms with Crippen molar-refractivity contribution in [2.75, 3.05) is 0 Å². The first-order chi connectivity index (χ1) is 5.83. The van der Waals surface area contributed by atoms with Gasteiger partial charge in [-0.05, 0) is 18.2 Å². The quantitative estimate of drug-likeness (QED) is 0.684. The highest BCUT2D eigenvalue weighted by Gasteiger charge is 2.02. The highest BCUT2D eigenvalue weighted by molar-refractivity contribution is 5.80. The largest absolute Gasteiger partial charge is 0.376 e. The Balaban J connectivity index is 2.80. The van der Waals surface area contributed by atoms with Crippen molar-refractivity contribution in [3.63, 3.8) is 0 Å². The van der Waals surface area contributed by atoms with E-state index in [1.165, 1.54) is 6.07 Å². The minimum atomic E-state index is -0.250. The van der Waals surface area contributed by atoms with Crippen LogP contribution in [0.1, 0.15) is 0 Å². The van der Waals surface area contributed by atoms with Gasteiger partial charge in [0.2, 0.25) is 0 Å². The highest BCUT2D eigenvalue weighted by atomic mass is 19.1. The molecule has 0 aliphatic heterocycles. The highest BCUT2D eigenvalue weighted by Crippen LogP contribution is 2.18. The van der Waals surface area contributed by atoms with Crippen LogP contribution in [0.15, 0.2) is 30.5 Å². The van der Waals surface area contributed by atoms with Gasteiger partial charge in [0.05, 0.1) is 5.52 Å². The molecule has 0 fully saturated rings. The zero-order valence-corrected chi connectivity index (χ0v) is 6.37. The first kappa shape index (κ1) is 7.31. The Kier molecular flexibility index (Phi) is 1.59. The van der Waals surface area contributed by atoms with Crippen LogP contribution in [0.4, 0.5) is 4.39 Å². The maximum atomic E-state index is 13.0. The van der Waals surface area contributed by atoms with Gasteiger partial charge in [-0.2, -0.15) is 0 Å². The van der Waals surface area contributed by atoms with Crippen LogP contribution in [0.3, 0.4) is 0 Å². The number of aliphatic hydroxyl groups excluding tert-OH is 1. The number of aliphatic hydroxyl groups is 1. The maximum absolute atomic E-state index is 13.0. The Labute approximate surface area is 68.9 Å². The summed E-state index contributed by atoms with van der Waals surface area (Å²) in [4.78, 5) is 0. The van der Waals surface area contributed by atoms with Gasteiger partial charge in [0.15, 0.2) is 0 Å². The molecular weight excluding hydrogens is 157 g/mol. The molecule has 2 nitrogen and oxygen atoms in total. The van der Waals surface area contributed by atoms with Crippen molar-refractivity contribution in [1.82, 2.24) is 4.57 Å². The maximum Gasteiger partial charge on any atom is 0.132 e. The van der Waals surface area contributed by atoms with Crippen molar-refractivity contribution in [2.24, 2.45) is 0 Å². The summed E-state index contributed by atoms with van der Waals surface area (Å²) in [5.74, 6) is -0.250. The third kappa shape index (κ3) is 0.905. The van der Waals surface area contributed by atoms with Crippen LogP contribution in [0.25, 0.3) is 10.9 Å². The molecule has 1 aromatic heterocycles. The van der Waals surface area contributed by atoms with E-state index in [1.54, 1.807) is 29.0 Å². The lowest BCUT2D eigenvalue weighted by Crippen LogP contribution is -1.93. The van der Waals surface area contributed by atoms with Crippen molar-refractivity contribution < 1.29 is 9.50 Å². The van der Waals surface area contributed by atoms with Crippen LogP contribution in [0, 0.1) is 5.82 Å². The molecule has 12 heavy (non-hydrogen) atoms. The zero-order chi connectivity index (χ0) is 8.55. The fourth-order valence-electron chi connectivity index (χ4n) is 1.31. The third-order valence-electron chi connectivity index (χ3n) is 1.91. The number of nitrogens with zero attached hydrogens (tertiary/aromatic N) is 1. The second-order valence-corrected chi connectivity index (χ2v) is 2.60. The fraction of sp³-hybridized carbons (Fsp3) is 0.111. The number of benzene rings is 1. The van der Waals surface area contributed by atoms with Gasteiger partial charge in [-0.3, -0.25) is 0 Å². The zero-order valence-electron chi connectivity index (χ0n) is 6.37. The van der Waals surface area contributed by atoms with Crippen molar-refractivity contribution in [1.29, 1.82) is 0 Å². The molecular formula is C9H8FNO. The van der Waals surface area contributed by atoms with Gasteiger partial charge in [0, 0.05) is 11.6 Å². The fourth-order valence-corrected chi connectivity index (χ4v) is 1.31. The average Bonchev–Trinajstić information content (AvgIpc) is 2.49. The molecule has 1 heterocycles. The van der Waals surface area contributed by atoms with Gasteiger partial charge in [0.25, 0.3) is 0 Å². The average molecular weight is 165 g/mol. The summed E-state index contributed by atoms with van der Waals surface area (Å²) in [7, 11) is 0. The monoisotopic (exact) mass is 165 g/mol. The van der Waals surface area contributed by atoms with Crippen molar-refractivity contribution in [2.45, 2.75) is 6.73 Å². The van der Waals surface area contributed by atoms with Gasteiger partial charge in [-0.25, -0.2) is 4.39 Å². The Morgan fingerprint density at radius 3 is 2.92 bits per heavy atom. The molecule has 0 radical (unpaired) electrons. The Morgan fingerprint density at radius 2 is 2.17 bits per heavy atom. The molecule has 0 aliphatic carbocycles. The molecule has 0 saturated heterocycles. The van der Waals surface area contributed by atoms with Crippen LogP contribution < -0.4 is 0 Å². The van der Waals surface area contributed by atoms with E-state index in [2.05, 4.69) is 0 Å². The van der Waals surface area contributed by atoms with E-state index in [0.717, 1.165) is 5.52 Å². The molecule has 0 atom stereocenters. The number of fused-ring (bicyclic) bond motifs is 1. The third-order valence-corrected chi connectivity index (χ3v) is 1.91. The minimum absolute atomic E-state index is 0.118. The Morgan fingerprint density at radius 1 is 1.33 bits per heavy atom. The lowest BCUT2D eigenvalue weighted by Gasteiger charge is -1.98. The minimum Gasteiger partial charge on any atom is -0.376 e. The van der Waals surface area contributed by atoms with Crippen molar-refractivity contribution in [3.8, 4) is 0 Å². The molecule has 1 N–H and O–H groups in total. The molecule has 0 spiro atoms. The standard InChI is InChI=1S/C9H8FNO/c10-8-2-1-3-9-7(8)4-5-11(9)6-12/h1-5,12H,6H2. The van der Waals surface area contributed by atoms with Crippen LogP contribution in [-0.2, 0) is 6.73 Å². The van der Waals surface area contributed by atoms with Crippen molar-refractivity contribution in [3.05, 3.63) is 36.3 Å². The summed E-state index contributed by atoms with van der Waals surface area (Å²) in [6.45, 7) is -0.118. The topological polar surface area (TPSA) is 25.2 Å². The van der Waals surface area contributed by atoms with E-state index in [4.69, 9.17) is 5.11 Å². The number of halogens is 1. The summed E-state index contributed by atoms with van der Waals surface area (Å²) in [5, 5.41) is 9.40. The van der Waals surface area contributed by atoms with E-state index in [9.17, 15) is 4.39 Å². The molecule has 0 aliphatic rings. The van der Waals surface area contributed by atoms with Crippen LogP contribution >= 0.6 is 0 Å². The predicted octanol–water partition coefficient (Wildman–Crippen LogP) is 1.73. The number of hydrogen-bond acceptors (Lipinski definition) is 1. The van der Waals surface area contributed by atoms with E-state index < -0.39 is 0 Å². The van der Waals surface area contributed by atoms with Crippen LogP contribution in [-0.4, -0.2) is 9.67 Å². The van der Waals surface area contributed by atoms with Crippen LogP contribution in [0.5, 0.6) is 0 Å². The van der Waals surface area contributed by atoms with Gasteiger partial charge >= 0.3 is 0 Å². The first-order valence-electron chi connectivity index (χ1n) is 3.67. The molecule has 3 heteroatoms. The number of hydrogen-bond donors (Lipinski definition) is 1. The van der Waals surface area contributed by atoms with E-state index in [0.29, 0.717) is 5.39 Å². The number of rotatable bonds is 1. The Hall–Kier alpha value is -1.35. The molecule has 1 aromatic carbocycles. The molecule has 62 valence electrons. The van der Waals surface area contributed by atoms with Gasteiger partial charge in [0.1, 0.15) is 12.5 Å². The summed E-state index contributed by atoms with van der Waals surface area (Å²) in [6.07, 6.45) is 1.66. The molecule has 0 amide bonds. The number of aromatic nitrogens is 1.